The van der Waals surface area contributed by atoms with Crippen LogP contribution in [0.4, 0.5) is 0 Å². The lowest BCUT2D eigenvalue weighted by atomic mass is 10.0. The quantitative estimate of drug-likeness (QED) is 0.0870. The van der Waals surface area contributed by atoms with Gasteiger partial charge in [-0.15, -0.1) is 0 Å². The molecule has 0 amide bonds. The van der Waals surface area contributed by atoms with Crippen molar-refractivity contribution in [3.63, 3.8) is 0 Å². The van der Waals surface area contributed by atoms with Crippen LogP contribution in [0.1, 0.15) is 213 Å². The molecule has 0 aromatic rings. The average Bonchev–Trinajstić information content (AvgIpc) is 2.89. The monoisotopic (exact) mass is 508 g/mol. The van der Waals surface area contributed by atoms with Gasteiger partial charge >= 0.3 is 0 Å². The molecule has 0 saturated heterocycles. The fraction of sp³-hybridized carbons (Fsp3) is 1.00. The number of hydrogen-bond acceptors (Lipinski definition) is 1. The Hall–Kier alpha value is -0.0400. The van der Waals surface area contributed by atoms with Gasteiger partial charge in [-0.2, -0.15) is 0 Å². The van der Waals surface area contributed by atoms with E-state index in [2.05, 4.69) is 19.2 Å². The predicted molar refractivity (Wildman–Crippen MR) is 167 cm³/mol. The van der Waals surface area contributed by atoms with Crippen LogP contribution in [0.2, 0.25) is 0 Å². The standard InChI is InChI=1S/C35H73N/c1-3-5-6-7-8-9-10-11-12-13-14-15-16-17-18-19-20-21-22-23-24-25-26-27-28-29-30-31-32-33-34-35-36-4-2/h36H,3-35H2,1-2H3. The minimum Gasteiger partial charge on any atom is -0.317 e. The lowest BCUT2D eigenvalue weighted by Crippen LogP contribution is -2.13. The normalized spacial score (nSPS) is 11.5. The molecule has 1 N–H and O–H groups in total. The molecule has 218 valence electrons. The molecule has 0 bridgehead atoms. The molecule has 0 aromatic carbocycles. The highest BCUT2D eigenvalue weighted by molar-refractivity contribution is 4.53. The second kappa shape index (κ2) is 35.0. The first kappa shape index (κ1) is 36.0. The van der Waals surface area contributed by atoms with E-state index in [1.807, 2.05) is 0 Å². The van der Waals surface area contributed by atoms with Crippen LogP contribution in [0.3, 0.4) is 0 Å². The van der Waals surface area contributed by atoms with E-state index in [-0.39, 0.29) is 0 Å². The van der Waals surface area contributed by atoms with Gasteiger partial charge in [-0.3, -0.25) is 0 Å². The van der Waals surface area contributed by atoms with Gasteiger partial charge in [0, 0.05) is 0 Å². The van der Waals surface area contributed by atoms with Crippen molar-refractivity contribution in [1.82, 2.24) is 5.32 Å². The van der Waals surface area contributed by atoms with Gasteiger partial charge in [0.25, 0.3) is 0 Å². The van der Waals surface area contributed by atoms with Crippen LogP contribution >= 0.6 is 0 Å². The highest BCUT2D eigenvalue weighted by Crippen LogP contribution is 2.16. The van der Waals surface area contributed by atoms with Crippen LogP contribution in [0.25, 0.3) is 0 Å². The van der Waals surface area contributed by atoms with Crippen LogP contribution < -0.4 is 5.32 Å². The molecule has 0 aliphatic rings. The predicted octanol–water partition coefficient (Wildman–Crippen LogP) is 12.7. The Bertz CT molecular complexity index is 319. The molecule has 0 atom stereocenters. The van der Waals surface area contributed by atoms with Crippen molar-refractivity contribution in [2.75, 3.05) is 13.1 Å². The van der Waals surface area contributed by atoms with E-state index in [4.69, 9.17) is 0 Å². The van der Waals surface area contributed by atoms with Crippen LogP contribution in [0, 0.1) is 0 Å². The van der Waals surface area contributed by atoms with Crippen LogP contribution in [0.5, 0.6) is 0 Å². The highest BCUT2D eigenvalue weighted by atomic mass is 14.8. The first-order valence-corrected chi connectivity index (χ1v) is 17.6. The third-order valence-corrected chi connectivity index (χ3v) is 8.21. The zero-order valence-corrected chi connectivity index (χ0v) is 25.8. The Balaban J connectivity index is 3.00. The Morgan fingerprint density at radius 3 is 0.639 bits per heavy atom. The first-order chi connectivity index (χ1) is 17.9. The second-order valence-corrected chi connectivity index (χ2v) is 12.0. The van der Waals surface area contributed by atoms with Crippen molar-refractivity contribution in [1.29, 1.82) is 0 Å². The number of rotatable bonds is 33. The third kappa shape index (κ3) is 34.0. The largest absolute Gasteiger partial charge is 0.317 e. The molecule has 0 unspecified atom stereocenters. The smallest absolute Gasteiger partial charge is 0.00490 e. The van der Waals surface area contributed by atoms with Crippen molar-refractivity contribution in [2.24, 2.45) is 0 Å². The summed E-state index contributed by atoms with van der Waals surface area (Å²) < 4.78 is 0. The Kier molecular flexibility index (Phi) is 34.9. The maximum absolute atomic E-state index is 3.42. The van der Waals surface area contributed by atoms with E-state index in [0.29, 0.717) is 0 Å². The van der Waals surface area contributed by atoms with E-state index in [1.165, 1.54) is 206 Å². The van der Waals surface area contributed by atoms with E-state index >= 15 is 0 Å². The number of hydrogen-bond donors (Lipinski definition) is 1. The maximum Gasteiger partial charge on any atom is -0.00490 e. The average molecular weight is 508 g/mol. The Morgan fingerprint density at radius 1 is 0.250 bits per heavy atom. The summed E-state index contributed by atoms with van der Waals surface area (Å²) in [7, 11) is 0. The highest BCUT2D eigenvalue weighted by Gasteiger charge is 1.97. The van der Waals surface area contributed by atoms with E-state index < -0.39 is 0 Å². The van der Waals surface area contributed by atoms with Crippen LogP contribution in [-0.2, 0) is 0 Å². The number of unbranched alkanes of at least 4 members (excludes halogenated alkanes) is 30. The molecule has 0 aliphatic heterocycles. The molecule has 0 rings (SSSR count). The molecule has 36 heavy (non-hydrogen) atoms. The molecule has 0 fully saturated rings. The fourth-order valence-corrected chi connectivity index (χ4v) is 5.63. The topological polar surface area (TPSA) is 12.0 Å². The summed E-state index contributed by atoms with van der Waals surface area (Å²) in [5.74, 6) is 0. The SMILES string of the molecule is CCCCCCCCCCCCCCCCCCCCCCCCCCCCCCCCCNCC. The van der Waals surface area contributed by atoms with Gasteiger partial charge in [-0.05, 0) is 19.5 Å². The molecule has 0 heterocycles. The van der Waals surface area contributed by atoms with Gasteiger partial charge in [0.1, 0.15) is 0 Å². The molecular weight excluding hydrogens is 434 g/mol. The van der Waals surface area contributed by atoms with Gasteiger partial charge in [0.15, 0.2) is 0 Å². The minimum atomic E-state index is 1.12. The lowest BCUT2D eigenvalue weighted by molar-refractivity contribution is 0.512. The molecular formula is C35H73N. The van der Waals surface area contributed by atoms with E-state index in [0.717, 1.165) is 6.54 Å². The van der Waals surface area contributed by atoms with Crippen molar-refractivity contribution >= 4 is 0 Å². The van der Waals surface area contributed by atoms with Gasteiger partial charge in [0.2, 0.25) is 0 Å². The second-order valence-electron chi connectivity index (χ2n) is 12.0. The van der Waals surface area contributed by atoms with Gasteiger partial charge in [-0.1, -0.05) is 206 Å². The maximum atomic E-state index is 3.42. The molecule has 0 aliphatic carbocycles. The molecule has 1 heteroatoms. The van der Waals surface area contributed by atoms with E-state index in [9.17, 15) is 0 Å². The zero-order valence-electron chi connectivity index (χ0n) is 25.8. The minimum absolute atomic E-state index is 1.12. The van der Waals surface area contributed by atoms with Crippen molar-refractivity contribution in [2.45, 2.75) is 213 Å². The van der Waals surface area contributed by atoms with Crippen molar-refractivity contribution < 1.29 is 0 Å². The summed E-state index contributed by atoms with van der Waals surface area (Å²) in [4.78, 5) is 0. The lowest BCUT2D eigenvalue weighted by Gasteiger charge is -2.05. The molecule has 0 saturated carbocycles. The summed E-state index contributed by atoms with van der Waals surface area (Å²) >= 11 is 0. The van der Waals surface area contributed by atoms with Crippen LogP contribution in [-0.4, -0.2) is 13.1 Å². The molecule has 0 aromatic heterocycles. The zero-order chi connectivity index (χ0) is 26.0. The van der Waals surface area contributed by atoms with Crippen molar-refractivity contribution in [3.05, 3.63) is 0 Å². The van der Waals surface area contributed by atoms with Crippen LogP contribution in [0.15, 0.2) is 0 Å². The van der Waals surface area contributed by atoms with E-state index in [1.54, 1.807) is 0 Å². The summed E-state index contributed by atoms with van der Waals surface area (Å²) in [5, 5.41) is 3.42. The third-order valence-electron chi connectivity index (χ3n) is 8.21. The molecule has 1 nitrogen and oxygen atoms in total. The fourth-order valence-electron chi connectivity index (χ4n) is 5.63. The summed E-state index contributed by atoms with van der Waals surface area (Å²) in [6.07, 6.45) is 45.7. The number of nitrogens with one attached hydrogen (secondary N) is 1. The summed E-state index contributed by atoms with van der Waals surface area (Å²) in [6, 6.07) is 0. The molecule has 0 spiro atoms. The van der Waals surface area contributed by atoms with Crippen molar-refractivity contribution in [3.8, 4) is 0 Å². The summed E-state index contributed by atoms with van der Waals surface area (Å²) in [5.41, 5.74) is 0. The Labute approximate surface area is 231 Å². The molecule has 0 radical (unpaired) electrons. The van der Waals surface area contributed by atoms with Gasteiger partial charge in [0.05, 0.1) is 0 Å². The summed E-state index contributed by atoms with van der Waals surface area (Å²) in [6.45, 7) is 6.85. The van der Waals surface area contributed by atoms with Gasteiger partial charge in [-0.25, -0.2) is 0 Å². The first-order valence-electron chi connectivity index (χ1n) is 17.6. The van der Waals surface area contributed by atoms with Gasteiger partial charge < -0.3 is 5.32 Å². The Morgan fingerprint density at radius 2 is 0.444 bits per heavy atom.